The molecule has 5 aromatic rings. The van der Waals surface area contributed by atoms with Gasteiger partial charge in [0.25, 0.3) is 23.6 Å². The first kappa shape index (κ1) is 84.5. The Bertz CT molecular complexity index is 3310. The molecule has 582 valence electrons. The molecule has 0 saturated carbocycles. The highest BCUT2D eigenvalue weighted by Gasteiger charge is 2.52. The first-order valence-electron chi connectivity index (χ1n) is 43.8. The van der Waals surface area contributed by atoms with Gasteiger partial charge < -0.3 is 24.0 Å². The molecule has 0 aromatic carbocycles. The van der Waals surface area contributed by atoms with Crippen LogP contribution in [0.25, 0.3) is 43.4 Å². The van der Waals surface area contributed by atoms with E-state index in [9.17, 15) is 0 Å². The fourth-order valence-electron chi connectivity index (χ4n) is 17.5. The zero-order chi connectivity index (χ0) is 74.1. The van der Waals surface area contributed by atoms with Crippen LogP contribution in [0, 0.1) is 23.7 Å². The van der Waals surface area contributed by atoms with Crippen molar-refractivity contribution in [1.29, 1.82) is 0 Å². The first-order valence-corrected chi connectivity index (χ1v) is 47.2. The van der Waals surface area contributed by atoms with Gasteiger partial charge in [-0.3, -0.25) is 19.2 Å². The molecule has 0 radical (unpaired) electrons. The topological polar surface area (TPSA) is 94.4 Å². The predicted octanol–water partition coefficient (Wildman–Crippen LogP) is 28.8. The lowest BCUT2D eigenvalue weighted by Gasteiger charge is -2.29. The summed E-state index contributed by atoms with van der Waals surface area (Å²) < 4.78 is 9.11. The first-order chi connectivity index (χ1) is 51.5. The van der Waals surface area contributed by atoms with Crippen molar-refractivity contribution in [1.82, 2.24) is 19.6 Å². The zero-order valence-corrected chi connectivity index (χ0v) is 70.4. The molecular formula is C92H140N4O5S4. The van der Waals surface area contributed by atoms with Gasteiger partial charge in [0.1, 0.15) is 11.2 Å². The Morgan fingerprint density at radius 2 is 0.495 bits per heavy atom. The van der Waals surface area contributed by atoms with Crippen LogP contribution in [0.3, 0.4) is 0 Å². The maximum Gasteiger partial charge on any atom is 0.261 e. The van der Waals surface area contributed by atoms with Crippen LogP contribution in [0.2, 0.25) is 0 Å². The van der Waals surface area contributed by atoms with Crippen LogP contribution in [0.1, 0.15) is 383 Å². The molecule has 105 heavy (non-hydrogen) atoms. The molecular weight excluding hydrogens is 1370 g/mol. The summed E-state index contributed by atoms with van der Waals surface area (Å²) >= 11 is 6.60. The van der Waals surface area contributed by atoms with E-state index in [4.69, 9.17) is 4.42 Å². The fourth-order valence-corrected chi connectivity index (χ4v) is 21.5. The second-order valence-corrected chi connectivity index (χ2v) is 36.3. The van der Waals surface area contributed by atoms with Crippen LogP contribution in [0.4, 0.5) is 0 Å². The summed E-state index contributed by atoms with van der Waals surface area (Å²) in [6, 6.07) is 12.7. The molecule has 0 spiro atoms. The van der Waals surface area contributed by atoms with Gasteiger partial charge in [0.15, 0.2) is 0 Å². The number of fused-ring (bicyclic) bond motifs is 5. The molecule has 4 unspecified atom stereocenters. The Hall–Kier alpha value is -4.56. The standard InChI is InChI=1S/C92H140N4O5S4/c1-9-17-25-33-37-45-55-69(51-41-29-21-13-5)65-93-83(75-59-49-61-102-75)79-81(91(93)99)85(95(89(79)97)67-71(53-43-31-23-15-7)57-47-39-35-27-19-11-3)77-63-73-87(104-77)88-74(101-73)64-78(105-88)86-82-80(90(98)96(86)68-72(54-44-32-24-16-8)58-48-40-36-28-20-12-4)84(76-60-50-62-103-76)94(92(82)100)66-70(52-42-30-22-14-6)56-46-38-34-26-18-10-2/h49-50,59-64,69-72H,9-48,51-58,65-68H2,1-8H3. The Morgan fingerprint density at radius 1 is 0.286 bits per heavy atom. The average Bonchev–Trinajstić information content (AvgIpc) is 1.55. The van der Waals surface area contributed by atoms with E-state index in [1.165, 1.54) is 205 Å². The molecule has 4 aliphatic rings. The van der Waals surface area contributed by atoms with Crippen LogP contribution >= 0.6 is 45.3 Å². The molecule has 0 saturated heterocycles. The molecule has 4 atom stereocenters. The van der Waals surface area contributed by atoms with Crippen molar-refractivity contribution in [2.45, 2.75) is 364 Å². The minimum absolute atomic E-state index is 0.0318. The van der Waals surface area contributed by atoms with E-state index in [1.807, 2.05) is 0 Å². The summed E-state index contributed by atoms with van der Waals surface area (Å²) in [6.07, 6.45) is 57.1. The highest BCUT2D eigenvalue weighted by molar-refractivity contribution is 7.28. The van der Waals surface area contributed by atoms with Crippen molar-refractivity contribution in [2.24, 2.45) is 23.7 Å². The molecule has 0 N–H and O–H groups in total. The summed E-state index contributed by atoms with van der Waals surface area (Å²) in [4.78, 5) is 77.0. The summed E-state index contributed by atoms with van der Waals surface area (Å²) in [5.74, 6) is 1.12. The van der Waals surface area contributed by atoms with E-state index < -0.39 is 0 Å². The third-order valence-corrected chi connectivity index (χ3v) is 27.8. The SMILES string of the molecule is CCCCCCCCC(CCCCCC)CN1C(=O)C2=C(c3cc4oc5cc(C6=C7C(=O)N(CC(CCCCCC)CCCCCCCC)C(c8cccs8)=C7C(=O)N6CC(CCCCCC)CCCCCCCC)sc5c4s3)N(CC(CCCCCC)CCCCCCCC)C(=O)C2=C1c1cccs1. The van der Waals surface area contributed by atoms with Crippen molar-refractivity contribution in [2.75, 3.05) is 26.2 Å². The lowest BCUT2D eigenvalue weighted by Crippen LogP contribution is -2.34. The van der Waals surface area contributed by atoms with Gasteiger partial charge in [-0.25, -0.2) is 0 Å². The van der Waals surface area contributed by atoms with Gasteiger partial charge in [-0.1, -0.05) is 324 Å². The quantitative estimate of drug-likeness (QED) is 0.0362. The average molecular weight is 1510 g/mol. The van der Waals surface area contributed by atoms with E-state index in [1.54, 1.807) is 45.3 Å². The number of amides is 4. The van der Waals surface area contributed by atoms with Crippen molar-refractivity contribution in [3.05, 3.63) is 89.0 Å². The van der Waals surface area contributed by atoms with Crippen LogP contribution in [-0.4, -0.2) is 69.4 Å². The second-order valence-electron chi connectivity index (χ2n) is 32.3. The molecule has 4 amide bonds. The van der Waals surface area contributed by atoms with Crippen molar-refractivity contribution in [3.8, 4) is 0 Å². The molecule has 0 fully saturated rings. The van der Waals surface area contributed by atoms with E-state index in [0.717, 1.165) is 166 Å². The summed E-state index contributed by atoms with van der Waals surface area (Å²) in [5, 5.41) is 4.21. The van der Waals surface area contributed by atoms with Crippen LogP contribution in [0.5, 0.6) is 0 Å². The Labute approximate surface area is 653 Å². The number of rotatable bonds is 60. The minimum atomic E-state index is -0.0318. The van der Waals surface area contributed by atoms with Gasteiger partial charge in [-0.2, -0.15) is 0 Å². The number of unbranched alkanes of at least 4 members (excludes halogenated alkanes) is 32. The van der Waals surface area contributed by atoms with Gasteiger partial charge in [0, 0.05) is 38.3 Å². The Kier molecular flexibility index (Phi) is 37.2. The summed E-state index contributed by atoms with van der Waals surface area (Å²) in [6.45, 7) is 20.7. The third kappa shape index (κ3) is 23.3. The molecule has 13 heteroatoms. The third-order valence-electron chi connectivity index (χ3n) is 23.7. The fraction of sp³-hybridized carbons (Fsp3) is 0.696. The predicted molar refractivity (Wildman–Crippen MR) is 454 cm³/mol. The number of carbonyl (C=O) groups is 4. The van der Waals surface area contributed by atoms with Gasteiger partial charge >= 0.3 is 0 Å². The Morgan fingerprint density at radius 3 is 0.714 bits per heavy atom. The maximum absolute atomic E-state index is 16.2. The van der Waals surface area contributed by atoms with E-state index in [2.05, 4.69) is 122 Å². The molecule has 0 aliphatic carbocycles. The van der Waals surface area contributed by atoms with E-state index in [-0.39, 0.29) is 23.6 Å². The lowest BCUT2D eigenvalue weighted by atomic mass is 9.93. The number of thiophene rings is 4. The molecule has 9 nitrogen and oxygen atoms in total. The van der Waals surface area contributed by atoms with Crippen LogP contribution in [0.15, 0.2) is 73.9 Å². The number of carbonyl (C=O) groups excluding carboxylic acids is 4. The molecule has 4 aliphatic heterocycles. The maximum atomic E-state index is 16.2. The molecule has 9 rings (SSSR count). The van der Waals surface area contributed by atoms with Gasteiger partial charge in [-0.15, -0.1) is 45.3 Å². The van der Waals surface area contributed by atoms with Crippen molar-refractivity contribution >= 4 is 112 Å². The van der Waals surface area contributed by atoms with E-state index >= 15 is 19.2 Å². The number of hydrogen-bond donors (Lipinski definition) is 0. The van der Waals surface area contributed by atoms with Crippen LogP contribution in [-0.2, 0) is 19.2 Å². The minimum Gasteiger partial charge on any atom is -0.454 e. The smallest absolute Gasteiger partial charge is 0.261 e. The highest BCUT2D eigenvalue weighted by atomic mass is 32.1. The van der Waals surface area contributed by atoms with Gasteiger partial charge in [0.2, 0.25) is 0 Å². The Balaban J connectivity index is 1.17. The van der Waals surface area contributed by atoms with Crippen molar-refractivity contribution in [3.63, 3.8) is 0 Å². The zero-order valence-electron chi connectivity index (χ0n) is 67.2. The van der Waals surface area contributed by atoms with Gasteiger partial charge in [0.05, 0.1) is 74.0 Å². The number of hydrogen-bond acceptors (Lipinski definition) is 9. The lowest BCUT2D eigenvalue weighted by molar-refractivity contribution is -0.124. The summed E-state index contributed by atoms with van der Waals surface area (Å²) in [7, 11) is 0. The normalized spacial score (nSPS) is 16.2. The van der Waals surface area contributed by atoms with Crippen LogP contribution < -0.4 is 0 Å². The number of nitrogens with zero attached hydrogens (tertiary/aromatic N) is 4. The molecule has 0 bridgehead atoms. The van der Waals surface area contributed by atoms with Crippen molar-refractivity contribution < 1.29 is 23.6 Å². The monoisotopic (exact) mass is 1510 g/mol. The number of furan rings is 1. The molecule has 5 aromatic heterocycles. The summed E-state index contributed by atoms with van der Waals surface area (Å²) in [5.41, 5.74) is 6.96. The van der Waals surface area contributed by atoms with E-state index in [0.29, 0.717) is 72.1 Å². The largest absolute Gasteiger partial charge is 0.454 e. The highest BCUT2D eigenvalue weighted by Crippen LogP contribution is 2.55. The van der Waals surface area contributed by atoms with Gasteiger partial charge in [-0.05, 0) is 97.9 Å². The molecule has 9 heterocycles. The second kappa shape index (κ2) is 46.2.